The normalized spacial score (nSPS) is 19.6. The first kappa shape index (κ1) is 18.3. The van der Waals surface area contributed by atoms with Crippen molar-refractivity contribution >= 4 is 5.97 Å². The van der Waals surface area contributed by atoms with Crippen molar-refractivity contribution in [1.29, 1.82) is 0 Å². The molecule has 5 heteroatoms. The standard InChI is InChI=1S/C19H26O5/c1-4-5-6-7-14-18(22)15-13(20)10-12(9-8-11(2)3)17(21)16(15)19(23)24-14/h8,10,14,18,20-22H,4-7,9H2,1-3H3/t14-,18-/m1/s1. The molecule has 1 aliphatic heterocycles. The maximum atomic E-state index is 12.3. The molecule has 0 radical (unpaired) electrons. The molecule has 1 aliphatic rings. The summed E-state index contributed by atoms with van der Waals surface area (Å²) in [5.41, 5.74) is 1.45. The van der Waals surface area contributed by atoms with Gasteiger partial charge in [-0.05, 0) is 39.2 Å². The number of unbranched alkanes of at least 4 members (excludes halogenated alkanes) is 2. The van der Waals surface area contributed by atoms with E-state index in [1.807, 2.05) is 19.9 Å². The van der Waals surface area contributed by atoms with Crippen molar-refractivity contribution in [3.63, 3.8) is 0 Å². The lowest BCUT2D eigenvalue weighted by Gasteiger charge is -2.31. The summed E-state index contributed by atoms with van der Waals surface area (Å²) >= 11 is 0. The SMILES string of the molecule is CCCCC[C@H]1OC(=O)c2c(O)c(CC=C(C)C)cc(O)c2[C@@H]1O. The van der Waals surface area contributed by atoms with Crippen molar-refractivity contribution in [2.24, 2.45) is 0 Å². The van der Waals surface area contributed by atoms with Gasteiger partial charge in [0.25, 0.3) is 0 Å². The highest BCUT2D eigenvalue weighted by Gasteiger charge is 2.39. The molecule has 0 fully saturated rings. The second kappa shape index (κ2) is 7.71. The number of rotatable bonds is 6. The first-order valence-electron chi connectivity index (χ1n) is 8.46. The zero-order chi connectivity index (χ0) is 17.9. The molecule has 132 valence electrons. The van der Waals surface area contributed by atoms with Crippen LogP contribution in [-0.2, 0) is 11.2 Å². The molecule has 24 heavy (non-hydrogen) atoms. The van der Waals surface area contributed by atoms with Gasteiger partial charge in [-0.3, -0.25) is 0 Å². The summed E-state index contributed by atoms with van der Waals surface area (Å²) in [6, 6.07) is 1.42. The molecule has 1 aromatic carbocycles. The van der Waals surface area contributed by atoms with Gasteiger partial charge in [0.1, 0.15) is 29.3 Å². The number of fused-ring (bicyclic) bond motifs is 1. The van der Waals surface area contributed by atoms with Gasteiger partial charge in [0, 0.05) is 11.1 Å². The van der Waals surface area contributed by atoms with Crippen LogP contribution < -0.4 is 0 Å². The number of ether oxygens (including phenoxy) is 1. The van der Waals surface area contributed by atoms with E-state index in [-0.39, 0.29) is 22.6 Å². The zero-order valence-corrected chi connectivity index (χ0v) is 14.5. The van der Waals surface area contributed by atoms with Crippen molar-refractivity contribution < 1.29 is 24.9 Å². The van der Waals surface area contributed by atoms with Gasteiger partial charge in [0.05, 0.1) is 0 Å². The summed E-state index contributed by atoms with van der Waals surface area (Å²) < 4.78 is 5.31. The predicted molar refractivity (Wildman–Crippen MR) is 91.2 cm³/mol. The Morgan fingerprint density at radius 1 is 1.29 bits per heavy atom. The fourth-order valence-electron chi connectivity index (χ4n) is 2.96. The number of allylic oxidation sites excluding steroid dienone is 2. The predicted octanol–water partition coefficient (Wildman–Crippen LogP) is 3.76. The van der Waals surface area contributed by atoms with Crippen molar-refractivity contribution in [3.8, 4) is 11.5 Å². The Morgan fingerprint density at radius 2 is 2.00 bits per heavy atom. The van der Waals surface area contributed by atoms with Gasteiger partial charge in [-0.25, -0.2) is 4.79 Å². The highest BCUT2D eigenvalue weighted by molar-refractivity contribution is 5.97. The highest BCUT2D eigenvalue weighted by atomic mass is 16.6. The Hall–Kier alpha value is -2.01. The summed E-state index contributed by atoms with van der Waals surface area (Å²) in [6.45, 7) is 5.92. The van der Waals surface area contributed by atoms with Gasteiger partial charge in [-0.15, -0.1) is 0 Å². The van der Waals surface area contributed by atoms with Crippen LogP contribution in [0.15, 0.2) is 17.7 Å². The third-order valence-electron chi connectivity index (χ3n) is 4.33. The number of carbonyl (C=O) groups is 1. The Bertz CT molecular complexity index is 644. The molecule has 1 heterocycles. The number of phenols is 2. The molecule has 2 atom stereocenters. The monoisotopic (exact) mass is 334 g/mol. The molecule has 2 rings (SSSR count). The molecule has 0 unspecified atom stereocenters. The smallest absolute Gasteiger partial charge is 0.342 e. The van der Waals surface area contributed by atoms with Crippen molar-refractivity contribution in [3.05, 3.63) is 34.4 Å². The van der Waals surface area contributed by atoms with E-state index in [1.54, 1.807) is 0 Å². The molecule has 0 aromatic heterocycles. The molecule has 3 N–H and O–H groups in total. The number of hydrogen-bond acceptors (Lipinski definition) is 5. The van der Waals surface area contributed by atoms with Crippen LogP contribution in [0.5, 0.6) is 11.5 Å². The van der Waals surface area contributed by atoms with E-state index in [9.17, 15) is 20.1 Å². The molecule has 0 aliphatic carbocycles. The number of benzene rings is 1. The van der Waals surface area contributed by atoms with Gasteiger partial charge in [0.2, 0.25) is 0 Å². The van der Waals surface area contributed by atoms with E-state index < -0.39 is 18.2 Å². The number of hydrogen-bond donors (Lipinski definition) is 3. The summed E-state index contributed by atoms with van der Waals surface area (Å²) in [4.78, 5) is 12.3. The van der Waals surface area contributed by atoms with Crippen molar-refractivity contribution in [1.82, 2.24) is 0 Å². The lowest BCUT2D eigenvalue weighted by atomic mass is 9.89. The lowest BCUT2D eigenvalue weighted by Crippen LogP contribution is -2.32. The Balaban J connectivity index is 2.37. The number of aromatic hydroxyl groups is 2. The van der Waals surface area contributed by atoms with E-state index in [4.69, 9.17) is 4.74 Å². The maximum Gasteiger partial charge on any atom is 0.342 e. The molecule has 0 bridgehead atoms. The van der Waals surface area contributed by atoms with Crippen LogP contribution >= 0.6 is 0 Å². The first-order valence-corrected chi connectivity index (χ1v) is 8.46. The molecular weight excluding hydrogens is 308 g/mol. The van der Waals surface area contributed by atoms with Crippen LogP contribution in [0.3, 0.4) is 0 Å². The molecule has 0 saturated heterocycles. The number of carbonyl (C=O) groups excluding carboxylic acids is 1. The number of phenolic OH excluding ortho intramolecular Hbond substituents is 2. The van der Waals surface area contributed by atoms with E-state index >= 15 is 0 Å². The van der Waals surface area contributed by atoms with Crippen molar-refractivity contribution in [2.45, 2.75) is 65.1 Å². The topological polar surface area (TPSA) is 87.0 Å². The minimum Gasteiger partial charge on any atom is -0.508 e. The van der Waals surface area contributed by atoms with Crippen molar-refractivity contribution in [2.75, 3.05) is 0 Å². The third kappa shape index (κ3) is 3.73. The molecule has 1 aromatic rings. The number of esters is 1. The van der Waals surface area contributed by atoms with Crippen LogP contribution in [0.1, 0.15) is 74.0 Å². The van der Waals surface area contributed by atoms with E-state index in [0.29, 0.717) is 18.4 Å². The second-order valence-corrected chi connectivity index (χ2v) is 6.56. The van der Waals surface area contributed by atoms with Crippen LogP contribution in [0.2, 0.25) is 0 Å². The minimum atomic E-state index is -1.13. The summed E-state index contributed by atoms with van der Waals surface area (Å²) in [6.07, 6.45) is 3.81. The Labute approximate surface area is 142 Å². The number of cyclic esters (lactones) is 1. The van der Waals surface area contributed by atoms with Crippen LogP contribution in [0.4, 0.5) is 0 Å². The fraction of sp³-hybridized carbons (Fsp3) is 0.526. The second-order valence-electron chi connectivity index (χ2n) is 6.56. The number of aliphatic hydroxyl groups is 1. The van der Waals surface area contributed by atoms with Gasteiger partial charge in [-0.1, -0.05) is 31.4 Å². The van der Waals surface area contributed by atoms with Gasteiger partial charge in [-0.2, -0.15) is 0 Å². The number of aliphatic hydroxyl groups excluding tert-OH is 1. The molecule has 5 nitrogen and oxygen atoms in total. The third-order valence-corrected chi connectivity index (χ3v) is 4.33. The quantitative estimate of drug-likeness (QED) is 0.319. The van der Waals surface area contributed by atoms with E-state index in [0.717, 1.165) is 24.8 Å². The van der Waals surface area contributed by atoms with E-state index in [1.165, 1.54) is 6.07 Å². The largest absolute Gasteiger partial charge is 0.508 e. The van der Waals surface area contributed by atoms with Crippen LogP contribution in [-0.4, -0.2) is 27.4 Å². The molecule has 0 saturated carbocycles. The average molecular weight is 334 g/mol. The zero-order valence-electron chi connectivity index (χ0n) is 14.5. The summed E-state index contributed by atoms with van der Waals surface area (Å²) in [5, 5.41) is 31.2. The fourth-order valence-corrected chi connectivity index (χ4v) is 2.96. The molecule has 0 spiro atoms. The van der Waals surface area contributed by atoms with Gasteiger partial charge < -0.3 is 20.1 Å². The molecule has 0 amide bonds. The van der Waals surface area contributed by atoms with Gasteiger partial charge >= 0.3 is 5.97 Å². The summed E-state index contributed by atoms with van der Waals surface area (Å²) in [7, 11) is 0. The lowest BCUT2D eigenvalue weighted by molar-refractivity contribution is -0.0343. The minimum absolute atomic E-state index is 0.0752. The first-order chi connectivity index (χ1) is 11.4. The van der Waals surface area contributed by atoms with E-state index in [2.05, 4.69) is 6.92 Å². The average Bonchev–Trinajstić information content (AvgIpc) is 2.52. The maximum absolute atomic E-state index is 12.3. The van der Waals surface area contributed by atoms with Crippen LogP contribution in [0.25, 0.3) is 0 Å². The Morgan fingerprint density at radius 3 is 2.62 bits per heavy atom. The highest BCUT2D eigenvalue weighted by Crippen LogP contribution is 2.43. The summed E-state index contributed by atoms with van der Waals surface area (Å²) in [5.74, 6) is -1.09. The molecular formula is C19H26O5. The Kier molecular flexibility index (Phi) is 5.89. The van der Waals surface area contributed by atoms with Gasteiger partial charge in [0.15, 0.2) is 0 Å². The van der Waals surface area contributed by atoms with Crippen LogP contribution in [0, 0.1) is 0 Å².